The lowest BCUT2D eigenvalue weighted by atomic mass is 10.1. The number of aromatic nitrogens is 2. The summed E-state index contributed by atoms with van der Waals surface area (Å²) in [5.74, 6) is 0.712. The van der Waals surface area contributed by atoms with Crippen LogP contribution in [0.25, 0.3) is 11.4 Å². The third kappa shape index (κ3) is 5.06. The van der Waals surface area contributed by atoms with Crippen molar-refractivity contribution in [2.75, 3.05) is 0 Å². The largest absolute Gasteiger partial charge is 0.298 e. The second-order valence-corrected chi connectivity index (χ2v) is 5.67. The predicted octanol–water partition coefficient (Wildman–Crippen LogP) is 4.86. The fourth-order valence-corrected chi connectivity index (χ4v) is 2.45. The molecular formula is C19H24N2O. The number of unbranched alkanes of at least 4 members (excludes halogenated alkanes) is 5. The van der Waals surface area contributed by atoms with Crippen LogP contribution in [0.4, 0.5) is 0 Å². The molecule has 0 aliphatic rings. The summed E-state index contributed by atoms with van der Waals surface area (Å²) in [5, 5.41) is 0. The van der Waals surface area contributed by atoms with Crippen molar-refractivity contribution in [3.63, 3.8) is 0 Å². The van der Waals surface area contributed by atoms with Crippen molar-refractivity contribution >= 4 is 6.29 Å². The molecule has 3 heteroatoms. The van der Waals surface area contributed by atoms with Gasteiger partial charge in [-0.25, -0.2) is 9.97 Å². The molecule has 0 atom stereocenters. The number of aryl methyl sites for hydroxylation is 1. The fraction of sp³-hybridized carbons (Fsp3) is 0.421. The van der Waals surface area contributed by atoms with Crippen molar-refractivity contribution in [1.29, 1.82) is 0 Å². The minimum absolute atomic E-state index is 0.670. The second-order valence-electron chi connectivity index (χ2n) is 5.67. The van der Waals surface area contributed by atoms with Gasteiger partial charge in [0, 0.05) is 23.5 Å². The summed E-state index contributed by atoms with van der Waals surface area (Å²) in [5.41, 5.74) is 2.81. The lowest BCUT2D eigenvalue weighted by Crippen LogP contribution is -1.93. The van der Waals surface area contributed by atoms with E-state index in [0.29, 0.717) is 11.4 Å². The Morgan fingerprint density at radius 1 is 0.909 bits per heavy atom. The fourth-order valence-electron chi connectivity index (χ4n) is 2.45. The van der Waals surface area contributed by atoms with Gasteiger partial charge in [-0.2, -0.15) is 0 Å². The molecule has 2 aromatic rings. The zero-order chi connectivity index (χ0) is 15.6. The van der Waals surface area contributed by atoms with Gasteiger partial charge in [-0.15, -0.1) is 0 Å². The Labute approximate surface area is 132 Å². The third-order valence-corrected chi connectivity index (χ3v) is 3.83. The summed E-state index contributed by atoms with van der Waals surface area (Å²) in [7, 11) is 0. The Bertz CT molecular complexity index is 561. The van der Waals surface area contributed by atoms with Gasteiger partial charge < -0.3 is 0 Å². The van der Waals surface area contributed by atoms with E-state index in [1.807, 2.05) is 24.5 Å². The molecule has 0 aliphatic carbocycles. The summed E-state index contributed by atoms with van der Waals surface area (Å²) >= 11 is 0. The first-order chi connectivity index (χ1) is 10.8. The van der Waals surface area contributed by atoms with Gasteiger partial charge in [0.15, 0.2) is 5.82 Å². The molecule has 1 aromatic heterocycles. The molecular weight excluding hydrogens is 272 g/mol. The van der Waals surface area contributed by atoms with Crippen LogP contribution in [0.1, 0.15) is 61.4 Å². The maximum atomic E-state index is 10.7. The summed E-state index contributed by atoms with van der Waals surface area (Å²) < 4.78 is 0. The van der Waals surface area contributed by atoms with Crippen molar-refractivity contribution < 1.29 is 4.79 Å². The third-order valence-electron chi connectivity index (χ3n) is 3.83. The molecule has 3 nitrogen and oxygen atoms in total. The summed E-state index contributed by atoms with van der Waals surface area (Å²) in [4.78, 5) is 19.5. The van der Waals surface area contributed by atoms with Gasteiger partial charge in [-0.05, 0) is 18.4 Å². The molecule has 1 aromatic carbocycles. The smallest absolute Gasteiger partial charge is 0.159 e. The molecule has 2 rings (SSSR count). The zero-order valence-corrected chi connectivity index (χ0v) is 13.3. The predicted molar refractivity (Wildman–Crippen MR) is 89.9 cm³/mol. The standard InChI is InChI=1S/C19H24N2O/c1-2-3-4-5-6-7-8-17-13-20-19(21-14-17)18-11-9-16(15-22)10-12-18/h9-15H,2-8H2,1H3. The minimum atomic E-state index is 0.670. The number of carbonyl (C=O) groups excluding carboxylic acids is 1. The highest BCUT2D eigenvalue weighted by atomic mass is 16.1. The SMILES string of the molecule is CCCCCCCCc1cnc(-c2ccc(C=O)cc2)nc1. The second kappa shape index (κ2) is 9.08. The van der Waals surface area contributed by atoms with E-state index < -0.39 is 0 Å². The van der Waals surface area contributed by atoms with Gasteiger partial charge in [-0.1, -0.05) is 63.3 Å². The van der Waals surface area contributed by atoms with Crippen LogP contribution < -0.4 is 0 Å². The number of hydrogen-bond acceptors (Lipinski definition) is 3. The van der Waals surface area contributed by atoms with Crippen LogP contribution in [0.2, 0.25) is 0 Å². The molecule has 0 bridgehead atoms. The Hall–Kier alpha value is -2.03. The number of aldehydes is 1. The summed E-state index contributed by atoms with van der Waals surface area (Å²) in [6, 6.07) is 7.34. The highest BCUT2D eigenvalue weighted by Crippen LogP contribution is 2.15. The lowest BCUT2D eigenvalue weighted by Gasteiger charge is -2.04. The van der Waals surface area contributed by atoms with E-state index >= 15 is 0 Å². The molecule has 0 saturated carbocycles. The van der Waals surface area contributed by atoms with Crippen LogP contribution in [0, 0.1) is 0 Å². The van der Waals surface area contributed by atoms with Gasteiger partial charge in [-0.3, -0.25) is 4.79 Å². The van der Waals surface area contributed by atoms with E-state index in [0.717, 1.165) is 18.3 Å². The topological polar surface area (TPSA) is 42.9 Å². The van der Waals surface area contributed by atoms with Crippen molar-refractivity contribution in [3.05, 3.63) is 47.8 Å². The van der Waals surface area contributed by atoms with Crippen LogP contribution in [0.5, 0.6) is 0 Å². The molecule has 0 amide bonds. The van der Waals surface area contributed by atoms with Gasteiger partial charge in [0.25, 0.3) is 0 Å². The monoisotopic (exact) mass is 296 g/mol. The Morgan fingerprint density at radius 3 is 2.18 bits per heavy atom. The van der Waals surface area contributed by atoms with E-state index in [-0.39, 0.29) is 0 Å². The summed E-state index contributed by atoms with van der Waals surface area (Å²) in [6.07, 6.45) is 13.5. The normalized spacial score (nSPS) is 10.6. The molecule has 0 N–H and O–H groups in total. The quantitative estimate of drug-likeness (QED) is 0.490. The summed E-state index contributed by atoms with van der Waals surface area (Å²) in [6.45, 7) is 2.24. The zero-order valence-electron chi connectivity index (χ0n) is 13.3. The van der Waals surface area contributed by atoms with Crippen LogP contribution in [0.15, 0.2) is 36.7 Å². The number of nitrogens with zero attached hydrogens (tertiary/aromatic N) is 2. The first kappa shape index (κ1) is 16.3. The van der Waals surface area contributed by atoms with Gasteiger partial charge in [0.05, 0.1) is 0 Å². The molecule has 0 radical (unpaired) electrons. The van der Waals surface area contributed by atoms with Crippen LogP contribution in [-0.2, 0) is 6.42 Å². The first-order valence-corrected chi connectivity index (χ1v) is 8.20. The Kier molecular flexibility index (Phi) is 6.75. The first-order valence-electron chi connectivity index (χ1n) is 8.20. The molecule has 22 heavy (non-hydrogen) atoms. The number of carbonyl (C=O) groups is 1. The molecule has 116 valence electrons. The minimum Gasteiger partial charge on any atom is -0.298 e. The van der Waals surface area contributed by atoms with E-state index in [2.05, 4.69) is 16.9 Å². The van der Waals surface area contributed by atoms with Gasteiger partial charge in [0.1, 0.15) is 6.29 Å². The number of benzene rings is 1. The molecule has 0 unspecified atom stereocenters. The maximum Gasteiger partial charge on any atom is 0.159 e. The van der Waals surface area contributed by atoms with Gasteiger partial charge >= 0.3 is 0 Å². The average Bonchev–Trinajstić information content (AvgIpc) is 2.59. The molecule has 0 spiro atoms. The molecule has 0 fully saturated rings. The lowest BCUT2D eigenvalue weighted by molar-refractivity contribution is 0.112. The van der Waals surface area contributed by atoms with Crippen LogP contribution in [-0.4, -0.2) is 16.3 Å². The molecule has 1 heterocycles. The van der Waals surface area contributed by atoms with E-state index in [1.54, 1.807) is 12.1 Å². The number of rotatable bonds is 9. The van der Waals surface area contributed by atoms with E-state index in [1.165, 1.54) is 44.1 Å². The van der Waals surface area contributed by atoms with Crippen molar-refractivity contribution in [3.8, 4) is 11.4 Å². The van der Waals surface area contributed by atoms with E-state index in [4.69, 9.17) is 0 Å². The number of hydrogen-bond donors (Lipinski definition) is 0. The van der Waals surface area contributed by atoms with Crippen molar-refractivity contribution in [2.45, 2.75) is 51.9 Å². The van der Waals surface area contributed by atoms with Crippen molar-refractivity contribution in [2.24, 2.45) is 0 Å². The van der Waals surface area contributed by atoms with Crippen LogP contribution in [0.3, 0.4) is 0 Å². The van der Waals surface area contributed by atoms with Crippen molar-refractivity contribution in [1.82, 2.24) is 9.97 Å². The maximum absolute atomic E-state index is 10.7. The highest BCUT2D eigenvalue weighted by Gasteiger charge is 2.02. The highest BCUT2D eigenvalue weighted by molar-refractivity contribution is 5.76. The average molecular weight is 296 g/mol. The Balaban J connectivity index is 1.83. The molecule has 0 aliphatic heterocycles. The van der Waals surface area contributed by atoms with E-state index in [9.17, 15) is 4.79 Å². The Morgan fingerprint density at radius 2 is 1.55 bits per heavy atom. The van der Waals surface area contributed by atoms with Crippen LogP contribution >= 0.6 is 0 Å². The molecule has 0 saturated heterocycles. The van der Waals surface area contributed by atoms with Gasteiger partial charge in [0.2, 0.25) is 0 Å².